The molecule has 0 saturated heterocycles. The Bertz CT molecular complexity index is 1060. The van der Waals surface area contributed by atoms with Gasteiger partial charge in [0.2, 0.25) is 0 Å². The Morgan fingerprint density at radius 3 is 2.46 bits per heavy atom. The molecule has 0 heteroatoms. The van der Waals surface area contributed by atoms with Gasteiger partial charge in [-0.25, -0.2) is 0 Å². The van der Waals surface area contributed by atoms with Gasteiger partial charge in [0, 0.05) is 0 Å². The summed E-state index contributed by atoms with van der Waals surface area (Å²) in [4.78, 5) is 0. The first-order valence-electron chi connectivity index (χ1n) is 9.95. The molecule has 0 atom stereocenters. The summed E-state index contributed by atoms with van der Waals surface area (Å²) >= 11 is 0. The highest BCUT2D eigenvalue weighted by Gasteiger charge is 2.08. The molecule has 3 aromatic carbocycles. The Kier molecular flexibility index (Phi) is 6.45. The van der Waals surface area contributed by atoms with Crippen molar-refractivity contribution >= 4 is 34.6 Å². The Morgan fingerprint density at radius 2 is 1.71 bits per heavy atom. The maximum absolute atomic E-state index is 4.36. The molecule has 0 saturated carbocycles. The van der Waals surface area contributed by atoms with Gasteiger partial charge in [0.1, 0.15) is 0 Å². The lowest BCUT2D eigenvalue weighted by Crippen LogP contribution is -1.92. The Hall–Kier alpha value is -3.12. The standard InChI is InChI=1S/C28H28/c1-5-12-23-14-8-10-16-25(23)21(4)18-19-28-26(13-6-2)22(7-3)20-24-15-9-11-17-27(24)28/h6-11,13-20H,3-5,12H2,1-2H3/b13-6-,19-18+. The van der Waals surface area contributed by atoms with E-state index in [1.165, 1.54) is 33.0 Å². The maximum Gasteiger partial charge on any atom is -0.00993 e. The van der Waals surface area contributed by atoms with Crippen molar-refractivity contribution in [2.75, 3.05) is 0 Å². The molecular weight excluding hydrogens is 336 g/mol. The molecule has 0 nitrogen and oxygen atoms in total. The van der Waals surface area contributed by atoms with Crippen LogP contribution in [0.4, 0.5) is 0 Å². The molecule has 0 amide bonds. The van der Waals surface area contributed by atoms with Crippen molar-refractivity contribution in [1.29, 1.82) is 0 Å². The van der Waals surface area contributed by atoms with Gasteiger partial charge in [-0.1, -0.05) is 105 Å². The van der Waals surface area contributed by atoms with E-state index in [1.807, 2.05) is 6.08 Å². The molecule has 0 unspecified atom stereocenters. The first-order chi connectivity index (χ1) is 13.7. The van der Waals surface area contributed by atoms with Crippen molar-refractivity contribution in [3.8, 4) is 0 Å². The smallest absolute Gasteiger partial charge is 0.00993 e. The Morgan fingerprint density at radius 1 is 0.964 bits per heavy atom. The lowest BCUT2D eigenvalue weighted by Gasteiger charge is -2.12. The highest BCUT2D eigenvalue weighted by Crippen LogP contribution is 2.30. The first kappa shape index (κ1) is 19.6. The molecule has 3 rings (SSSR count). The van der Waals surface area contributed by atoms with Crippen molar-refractivity contribution in [2.45, 2.75) is 26.7 Å². The van der Waals surface area contributed by atoms with Crippen molar-refractivity contribution < 1.29 is 0 Å². The number of rotatable bonds is 7. The van der Waals surface area contributed by atoms with Gasteiger partial charge in [-0.2, -0.15) is 0 Å². The Balaban J connectivity index is 2.12. The summed E-state index contributed by atoms with van der Waals surface area (Å²) in [6.07, 6.45) is 12.7. The average molecular weight is 365 g/mol. The largest absolute Gasteiger partial charge is 0.0984 e. The molecule has 3 aromatic rings. The molecule has 0 bridgehead atoms. The van der Waals surface area contributed by atoms with Gasteiger partial charge in [0.15, 0.2) is 0 Å². The fraction of sp³-hybridized carbons (Fsp3) is 0.143. The Labute approximate surface area is 169 Å². The third kappa shape index (κ3) is 4.07. The summed E-state index contributed by atoms with van der Waals surface area (Å²) in [5, 5.41) is 2.47. The van der Waals surface area contributed by atoms with E-state index >= 15 is 0 Å². The quantitative estimate of drug-likeness (QED) is 0.371. The normalized spacial score (nSPS) is 11.5. The SMILES string of the molecule is C=Cc1cc2ccccc2c(/C=C/C(=C)c2ccccc2CCC)c1/C=C\C. The summed E-state index contributed by atoms with van der Waals surface area (Å²) in [5.74, 6) is 0. The zero-order chi connectivity index (χ0) is 19.9. The lowest BCUT2D eigenvalue weighted by molar-refractivity contribution is 0.919. The van der Waals surface area contributed by atoms with Crippen LogP contribution in [-0.4, -0.2) is 0 Å². The van der Waals surface area contributed by atoms with E-state index in [0.29, 0.717) is 0 Å². The van der Waals surface area contributed by atoms with Gasteiger partial charge in [0.25, 0.3) is 0 Å². The highest BCUT2D eigenvalue weighted by molar-refractivity contribution is 5.98. The van der Waals surface area contributed by atoms with Crippen LogP contribution in [0.3, 0.4) is 0 Å². The maximum atomic E-state index is 4.36. The zero-order valence-corrected chi connectivity index (χ0v) is 16.9. The summed E-state index contributed by atoms with van der Waals surface area (Å²) in [6.45, 7) is 12.6. The summed E-state index contributed by atoms with van der Waals surface area (Å²) < 4.78 is 0. The van der Waals surface area contributed by atoms with Crippen LogP contribution < -0.4 is 0 Å². The summed E-state index contributed by atoms with van der Waals surface area (Å²) in [7, 11) is 0. The highest BCUT2D eigenvalue weighted by atomic mass is 14.1. The number of hydrogen-bond acceptors (Lipinski definition) is 0. The number of allylic oxidation sites excluding steroid dienone is 3. The molecule has 0 aliphatic carbocycles. The molecule has 28 heavy (non-hydrogen) atoms. The monoisotopic (exact) mass is 364 g/mol. The fourth-order valence-electron chi connectivity index (χ4n) is 3.71. The van der Waals surface area contributed by atoms with E-state index in [9.17, 15) is 0 Å². The molecule has 0 aromatic heterocycles. The lowest BCUT2D eigenvalue weighted by atomic mass is 9.92. The second-order valence-corrected chi connectivity index (χ2v) is 6.98. The topological polar surface area (TPSA) is 0 Å². The second-order valence-electron chi connectivity index (χ2n) is 6.98. The molecule has 0 heterocycles. The van der Waals surface area contributed by atoms with Crippen LogP contribution in [0.25, 0.3) is 34.6 Å². The third-order valence-electron chi connectivity index (χ3n) is 5.05. The molecule has 0 spiro atoms. The summed E-state index contributed by atoms with van der Waals surface area (Å²) in [5.41, 5.74) is 7.19. The second kappa shape index (κ2) is 9.19. The fourth-order valence-corrected chi connectivity index (χ4v) is 3.71. The molecule has 0 fully saturated rings. The van der Waals surface area contributed by atoms with Crippen LogP contribution in [0, 0.1) is 0 Å². The van der Waals surface area contributed by atoms with E-state index in [4.69, 9.17) is 0 Å². The van der Waals surface area contributed by atoms with Crippen LogP contribution in [-0.2, 0) is 6.42 Å². The first-order valence-corrected chi connectivity index (χ1v) is 9.95. The zero-order valence-electron chi connectivity index (χ0n) is 16.9. The minimum absolute atomic E-state index is 1.04. The van der Waals surface area contributed by atoms with E-state index < -0.39 is 0 Å². The van der Waals surface area contributed by atoms with E-state index in [1.54, 1.807) is 0 Å². The van der Waals surface area contributed by atoms with Crippen LogP contribution >= 0.6 is 0 Å². The predicted molar refractivity (Wildman–Crippen MR) is 127 cm³/mol. The molecule has 0 radical (unpaired) electrons. The van der Waals surface area contributed by atoms with Gasteiger partial charge in [-0.3, -0.25) is 0 Å². The van der Waals surface area contributed by atoms with Crippen LogP contribution in [0.1, 0.15) is 48.1 Å². The summed E-state index contributed by atoms with van der Waals surface area (Å²) in [6, 6.07) is 19.3. The van der Waals surface area contributed by atoms with Crippen molar-refractivity contribution in [2.24, 2.45) is 0 Å². The van der Waals surface area contributed by atoms with E-state index in [2.05, 4.69) is 106 Å². The molecule has 0 aliphatic heterocycles. The minimum atomic E-state index is 1.04. The molecule has 140 valence electrons. The van der Waals surface area contributed by atoms with Gasteiger partial charge in [-0.15, -0.1) is 0 Å². The molecule has 0 N–H and O–H groups in total. The number of aryl methyl sites for hydroxylation is 1. The number of fused-ring (bicyclic) bond motifs is 1. The minimum Gasteiger partial charge on any atom is -0.0984 e. The number of benzene rings is 3. The molecule has 0 aliphatic rings. The van der Waals surface area contributed by atoms with Crippen molar-refractivity contribution in [3.63, 3.8) is 0 Å². The van der Waals surface area contributed by atoms with E-state index in [0.717, 1.165) is 24.0 Å². The van der Waals surface area contributed by atoms with Gasteiger partial charge in [0.05, 0.1) is 0 Å². The third-order valence-corrected chi connectivity index (χ3v) is 5.05. The van der Waals surface area contributed by atoms with Crippen LogP contribution in [0.2, 0.25) is 0 Å². The average Bonchev–Trinajstić information content (AvgIpc) is 2.73. The molecular formula is C28H28. The van der Waals surface area contributed by atoms with E-state index in [-0.39, 0.29) is 0 Å². The van der Waals surface area contributed by atoms with Crippen LogP contribution in [0.5, 0.6) is 0 Å². The predicted octanol–water partition coefficient (Wildman–Crippen LogP) is 8.20. The van der Waals surface area contributed by atoms with Gasteiger partial charge in [-0.05, 0) is 63.6 Å². The van der Waals surface area contributed by atoms with Gasteiger partial charge < -0.3 is 0 Å². The van der Waals surface area contributed by atoms with Crippen LogP contribution in [0.15, 0.2) is 79.9 Å². The van der Waals surface area contributed by atoms with Crippen molar-refractivity contribution in [1.82, 2.24) is 0 Å². The van der Waals surface area contributed by atoms with Crippen molar-refractivity contribution in [3.05, 3.63) is 108 Å². The van der Waals surface area contributed by atoms with Gasteiger partial charge >= 0.3 is 0 Å². The number of hydrogen-bond donors (Lipinski definition) is 0.